The molecule has 7 nitrogen and oxygen atoms in total. The maximum absolute atomic E-state index is 14.4. The van der Waals surface area contributed by atoms with E-state index in [1.54, 1.807) is 6.07 Å². The van der Waals surface area contributed by atoms with E-state index in [1.165, 1.54) is 19.3 Å². The molecule has 1 fully saturated rings. The van der Waals surface area contributed by atoms with E-state index >= 15 is 0 Å². The zero-order valence-electron chi connectivity index (χ0n) is 18.7. The van der Waals surface area contributed by atoms with Crippen molar-refractivity contribution in [2.24, 2.45) is 5.92 Å². The van der Waals surface area contributed by atoms with E-state index in [-0.39, 0.29) is 37.9 Å². The highest BCUT2D eigenvalue weighted by Crippen LogP contribution is 2.29. The van der Waals surface area contributed by atoms with Crippen LogP contribution in [0.25, 0.3) is 11.3 Å². The van der Waals surface area contributed by atoms with Crippen molar-refractivity contribution in [3.63, 3.8) is 0 Å². The number of ketones is 1. The van der Waals surface area contributed by atoms with Gasteiger partial charge in [0.25, 0.3) is 0 Å². The summed E-state index contributed by atoms with van der Waals surface area (Å²) in [5.41, 5.74) is -0.331. The molecule has 0 saturated carbocycles. The van der Waals surface area contributed by atoms with Crippen molar-refractivity contribution < 1.29 is 37.0 Å². The molecule has 0 spiro atoms. The lowest BCUT2D eigenvalue weighted by atomic mass is 10.0. The number of hydrogen-bond acceptors (Lipinski definition) is 7. The fourth-order valence-corrected chi connectivity index (χ4v) is 3.63. The van der Waals surface area contributed by atoms with Crippen LogP contribution in [0.15, 0.2) is 48.8 Å². The molecule has 1 saturated heterocycles. The molecule has 3 aromatic rings. The van der Waals surface area contributed by atoms with Gasteiger partial charge < -0.3 is 14.2 Å². The summed E-state index contributed by atoms with van der Waals surface area (Å²) in [4.78, 5) is 31.9. The highest BCUT2D eigenvalue weighted by molar-refractivity contribution is 5.96. The standard InChI is InChI=1S/C25H21F3N2O5/c1-14(31)33-11-15-12-34-25(35-13-15)17-7-8-29-10-16(17)9-22(32)21-6-5-20(28)24(30-21)23-18(26)3-2-4-19(23)27/h2-8,10,15,25H,9,11-13H2,1H3. The van der Waals surface area contributed by atoms with Crippen LogP contribution in [-0.2, 0) is 25.4 Å². The zero-order chi connectivity index (χ0) is 24.9. The molecule has 0 unspecified atom stereocenters. The molecule has 0 bridgehead atoms. The maximum atomic E-state index is 14.4. The predicted molar refractivity (Wildman–Crippen MR) is 117 cm³/mol. The molecule has 4 rings (SSSR count). The highest BCUT2D eigenvalue weighted by Gasteiger charge is 2.27. The summed E-state index contributed by atoms with van der Waals surface area (Å²) in [5.74, 6) is -3.97. The number of carbonyl (C=O) groups is 2. The average Bonchev–Trinajstić information content (AvgIpc) is 2.84. The Morgan fingerprint density at radius 3 is 2.43 bits per heavy atom. The normalized spacial score (nSPS) is 17.7. The maximum Gasteiger partial charge on any atom is 0.302 e. The van der Waals surface area contributed by atoms with Gasteiger partial charge in [-0.2, -0.15) is 0 Å². The van der Waals surface area contributed by atoms with Crippen molar-refractivity contribution in [3.8, 4) is 11.3 Å². The van der Waals surface area contributed by atoms with Gasteiger partial charge in [-0.15, -0.1) is 0 Å². The number of hydrogen-bond donors (Lipinski definition) is 0. The monoisotopic (exact) mass is 486 g/mol. The quantitative estimate of drug-likeness (QED) is 0.365. The SMILES string of the molecule is CC(=O)OCC1COC(c2ccncc2CC(=O)c2ccc(F)c(-c3c(F)cccc3F)n2)OC1. The first-order valence-corrected chi connectivity index (χ1v) is 10.8. The van der Waals surface area contributed by atoms with Crippen molar-refractivity contribution in [1.29, 1.82) is 0 Å². The van der Waals surface area contributed by atoms with Gasteiger partial charge >= 0.3 is 5.97 Å². The van der Waals surface area contributed by atoms with Crippen LogP contribution in [0.2, 0.25) is 0 Å². The first kappa shape index (κ1) is 24.5. The van der Waals surface area contributed by atoms with Crippen molar-refractivity contribution in [2.45, 2.75) is 19.6 Å². The minimum Gasteiger partial charge on any atom is -0.465 e. The fraction of sp³-hybridized carbons (Fsp3) is 0.280. The van der Waals surface area contributed by atoms with Gasteiger partial charge in [-0.05, 0) is 35.9 Å². The molecular formula is C25H21F3N2O5. The summed E-state index contributed by atoms with van der Waals surface area (Å²) < 4.78 is 59.2. The third-order valence-corrected chi connectivity index (χ3v) is 5.37. The topological polar surface area (TPSA) is 87.6 Å². The van der Waals surface area contributed by atoms with Gasteiger partial charge in [0, 0.05) is 37.2 Å². The lowest BCUT2D eigenvalue weighted by Crippen LogP contribution is -2.31. The first-order valence-electron chi connectivity index (χ1n) is 10.8. The third-order valence-electron chi connectivity index (χ3n) is 5.37. The summed E-state index contributed by atoms with van der Waals surface area (Å²) in [5, 5.41) is 0. The number of carbonyl (C=O) groups excluding carboxylic acids is 2. The van der Waals surface area contributed by atoms with Crippen molar-refractivity contribution in [2.75, 3.05) is 19.8 Å². The summed E-state index contributed by atoms with van der Waals surface area (Å²) in [7, 11) is 0. The Kier molecular flexibility index (Phi) is 7.52. The molecule has 0 radical (unpaired) electrons. The van der Waals surface area contributed by atoms with Crippen LogP contribution >= 0.6 is 0 Å². The average molecular weight is 486 g/mol. The summed E-state index contributed by atoms with van der Waals surface area (Å²) in [6.07, 6.45) is 2.06. The Morgan fingerprint density at radius 2 is 1.74 bits per heavy atom. The van der Waals surface area contributed by atoms with Crippen LogP contribution in [-0.4, -0.2) is 41.5 Å². The summed E-state index contributed by atoms with van der Waals surface area (Å²) in [6, 6.07) is 6.87. The second kappa shape index (κ2) is 10.7. The second-order valence-electron chi connectivity index (χ2n) is 7.97. The number of nitrogens with zero attached hydrogens (tertiary/aromatic N) is 2. The van der Waals surface area contributed by atoms with E-state index < -0.39 is 46.8 Å². The van der Waals surface area contributed by atoms with E-state index in [4.69, 9.17) is 14.2 Å². The fourth-order valence-electron chi connectivity index (χ4n) is 3.63. The molecule has 0 amide bonds. The van der Waals surface area contributed by atoms with Crippen LogP contribution in [0.1, 0.15) is 34.8 Å². The number of halogens is 3. The molecule has 0 N–H and O–H groups in total. The number of ether oxygens (including phenoxy) is 3. The van der Waals surface area contributed by atoms with E-state index in [0.29, 0.717) is 11.1 Å². The van der Waals surface area contributed by atoms with Gasteiger partial charge in [0.15, 0.2) is 12.1 Å². The van der Waals surface area contributed by atoms with Crippen LogP contribution in [0, 0.1) is 23.4 Å². The van der Waals surface area contributed by atoms with Gasteiger partial charge in [-0.25, -0.2) is 18.2 Å². The lowest BCUT2D eigenvalue weighted by Gasteiger charge is -2.30. The molecule has 182 valence electrons. The summed E-state index contributed by atoms with van der Waals surface area (Å²) >= 11 is 0. The Bertz CT molecular complexity index is 1230. The molecule has 35 heavy (non-hydrogen) atoms. The minimum atomic E-state index is -0.992. The molecule has 3 heterocycles. The second-order valence-corrected chi connectivity index (χ2v) is 7.97. The summed E-state index contributed by atoms with van der Waals surface area (Å²) in [6.45, 7) is 2.06. The molecule has 1 aliphatic heterocycles. The molecule has 1 aliphatic rings. The Hall–Kier alpha value is -3.63. The Labute approximate surface area is 198 Å². The lowest BCUT2D eigenvalue weighted by molar-refractivity contribution is -0.212. The van der Waals surface area contributed by atoms with Gasteiger partial charge in [-0.3, -0.25) is 14.6 Å². The van der Waals surface area contributed by atoms with Gasteiger partial charge in [0.1, 0.15) is 28.8 Å². The number of esters is 1. The molecule has 2 aromatic heterocycles. The van der Waals surface area contributed by atoms with Gasteiger partial charge in [0.2, 0.25) is 0 Å². The third kappa shape index (κ3) is 5.72. The molecule has 10 heteroatoms. The smallest absolute Gasteiger partial charge is 0.302 e. The zero-order valence-corrected chi connectivity index (χ0v) is 18.7. The number of rotatable bonds is 7. The molecular weight excluding hydrogens is 465 g/mol. The van der Waals surface area contributed by atoms with E-state index in [1.807, 2.05) is 0 Å². The molecule has 1 aromatic carbocycles. The first-order chi connectivity index (χ1) is 16.8. The van der Waals surface area contributed by atoms with Crippen LogP contribution in [0.5, 0.6) is 0 Å². The van der Waals surface area contributed by atoms with Crippen LogP contribution in [0.3, 0.4) is 0 Å². The Morgan fingerprint density at radius 1 is 1.03 bits per heavy atom. The largest absolute Gasteiger partial charge is 0.465 e. The van der Waals surface area contributed by atoms with E-state index in [2.05, 4.69) is 9.97 Å². The van der Waals surface area contributed by atoms with Crippen LogP contribution < -0.4 is 0 Å². The number of Topliss-reactive ketones (excluding diaryl/α,β-unsaturated/α-hetero) is 1. The van der Waals surface area contributed by atoms with Crippen molar-refractivity contribution in [1.82, 2.24) is 9.97 Å². The minimum absolute atomic E-state index is 0.123. The number of pyridine rings is 2. The van der Waals surface area contributed by atoms with Crippen LogP contribution in [0.4, 0.5) is 13.2 Å². The van der Waals surface area contributed by atoms with E-state index in [0.717, 1.165) is 30.3 Å². The number of aromatic nitrogens is 2. The van der Waals surface area contributed by atoms with Gasteiger partial charge in [-0.1, -0.05) is 6.07 Å². The highest BCUT2D eigenvalue weighted by atomic mass is 19.1. The molecule has 0 aliphatic carbocycles. The van der Waals surface area contributed by atoms with Crippen molar-refractivity contribution in [3.05, 3.63) is 83.1 Å². The Balaban J connectivity index is 1.52. The molecule has 0 atom stereocenters. The van der Waals surface area contributed by atoms with E-state index in [9.17, 15) is 22.8 Å². The van der Waals surface area contributed by atoms with Crippen molar-refractivity contribution >= 4 is 11.8 Å². The van der Waals surface area contributed by atoms with Gasteiger partial charge in [0.05, 0.1) is 25.4 Å². The number of benzene rings is 1. The predicted octanol–water partition coefficient (Wildman–Crippen LogP) is 4.21.